The van der Waals surface area contributed by atoms with E-state index in [4.69, 9.17) is 9.47 Å². The zero-order valence-corrected chi connectivity index (χ0v) is 55.1. The number of thiophene rings is 2. The van der Waals surface area contributed by atoms with Gasteiger partial charge in [0, 0.05) is 55.5 Å². The highest BCUT2D eigenvalue weighted by Gasteiger charge is 2.48. The third-order valence-electron chi connectivity index (χ3n) is 17.0. The summed E-state index contributed by atoms with van der Waals surface area (Å²) in [7, 11) is 9.10. The van der Waals surface area contributed by atoms with Gasteiger partial charge in [0.1, 0.15) is 26.7 Å². The Bertz CT molecular complexity index is 3180. The first kappa shape index (κ1) is 72.9. The third kappa shape index (κ3) is 20.4. The minimum Gasteiger partial charge on any atom is -0.477 e. The maximum atomic E-state index is 14.1. The molecule has 0 radical (unpaired) electrons. The summed E-state index contributed by atoms with van der Waals surface area (Å²) in [5, 5.41) is 20.1. The molecule has 2 N–H and O–H groups in total. The van der Waals surface area contributed by atoms with Crippen LogP contribution in [-0.2, 0) is 27.4 Å². The van der Waals surface area contributed by atoms with Crippen molar-refractivity contribution in [1.29, 1.82) is 0 Å². The maximum Gasteiger partial charge on any atom is 0.404 e. The molecule has 0 bridgehead atoms. The van der Waals surface area contributed by atoms with Crippen molar-refractivity contribution >= 4 is 57.8 Å². The first-order valence-corrected chi connectivity index (χ1v) is 32.4. The van der Waals surface area contributed by atoms with Crippen LogP contribution < -0.4 is 14.5 Å². The molecule has 4 aliphatic rings. The van der Waals surface area contributed by atoms with Crippen LogP contribution in [0.4, 0.5) is 42.1 Å². The number of anilines is 2. The molecule has 0 aromatic carbocycles. The second kappa shape index (κ2) is 32.0. The number of ether oxygens (including phenoxy) is 2. The van der Waals surface area contributed by atoms with E-state index in [1.165, 1.54) is 25.4 Å². The van der Waals surface area contributed by atoms with E-state index in [0.717, 1.165) is 126 Å². The van der Waals surface area contributed by atoms with E-state index in [-0.39, 0.29) is 67.0 Å². The lowest BCUT2D eigenvalue weighted by Crippen LogP contribution is -2.47. The number of amides is 2. The number of hydrogen-bond donors (Lipinski definition) is 2. The highest BCUT2D eigenvalue weighted by molar-refractivity contribution is 7.15. The molecule has 0 unspecified atom stereocenters. The number of methoxy groups -OCH3 is 1. The molecule has 494 valence electrons. The van der Waals surface area contributed by atoms with Crippen LogP contribution in [0.5, 0.6) is 5.88 Å². The first-order valence-electron chi connectivity index (χ1n) is 30.8. The largest absolute Gasteiger partial charge is 0.477 e. The molecule has 0 saturated heterocycles. The smallest absolute Gasteiger partial charge is 0.404 e. The summed E-state index contributed by atoms with van der Waals surface area (Å²) < 4.78 is 104. The number of carboxylic acids is 1. The molecule has 4 fully saturated rings. The summed E-state index contributed by atoms with van der Waals surface area (Å²) in [6.45, 7) is 9.82. The SMILES string of the molecule is CC1CCC(C(=O)N(c2cc(C#CC(C)(C)C(F)(F)F)sc2C(=O)O)C2CCC(Oc3cc(CN(C)C)ccn3)CC2)CC1.CN(C)Cc1ccnc(F)c1.COC(=O)c1sc(C#CC(C)(C)C(F)(F)F)cc1N(C(=O)C1CCC(C)CC1)C1CCC(O)CC1. The van der Waals surface area contributed by atoms with Crippen molar-refractivity contribution in [2.24, 2.45) is 34.5 Å². The number of carboxylic acid groups (broad SMARTS) is 1. The Labute approximate surface area is 533 Å². The van der Waals surface area contributed by atoms with E-state index in [9.17, 15) is 60.1 Å². The number of aromatic carboxylic acids is 1. The molecule has 0 atom stereocenters. The number of carbonyl (C=O) groups is 4. The number of carbonyl (C=O) groups excluding carboxylic acids is 3. The van der Waals surface area contributed by atoms with Crippen molar-refractivity contribution in [2.45, 2.75) is 194 Å². The molecule has 2 amide bonds. The van der Waals surface area contributed by atoms with E-state index in [2.05, 4.69) is 52.4 Å². The fraction of sp³-hybridized carbons (Fsp3) is 0.612. The van der Waals surface area contributed by atoms with Crippen LogP contribution >= 0.6 is 22.7 Å². The normalized spacial score (nSPS) is 22.2. The number of nitrogens with zero attached hydrogens (tertiary/aromatic N) is 6. The standard InChI is InChI=1S/C33H42F3N3O4S.C26H34F3NO4S.C8H11FN2/c1-21-6-8-23(9-7-21)30(40)39(27-19-26(44-29(27)31(41)42)14-16-32(2,3)33(34,35)36)24-10-12-25(13-11-24)43-28-18-22(15-17-37-28)20-38(4)5;1-16-5-7-17(8-6-16)23(32)30(18-9-11-19(31)12-10-18)21-15-20(35-22(21)24(33)34-4)13-14-25(2,3)26(27,28)29;1-11(2)6-7-3-4-10-8(9)5-7/h15,17-19,21,23-25H,6-13,20H2,1-5H3,(H,41,42);15-19,31H,5-12H2,1-4H3;3-5H,6H2,1-2H3. The minimum absolute atomic E-state index is 0.0728. The number of pyridine rings is 2. The molecule has 4 saturated carbocycles. The maximum absolute atomic E-state index is 14.1. The van der Waals surface area contributed by atoms with Crippen molar-refractivity contribution in [3.63, 3.8) is 0 Å². The molecule has 4 aromatic heterocycles. The van der Waals surface area contributed by atoms with Gasteiger partial charge in [-0.25, -0.2) is 19.6 Å². The molecule has 0 spiro atoms. The number of esters is 1. The van der Waals surface area contributed by atoms with Crippen molar-refractivity contribution in [1.82, 2.24) is 19.8 Å². The third-order valence-corrected chi connectivity index (χ3v) is 19.1. The van der Waals surface area contributed by atoms with Crippen LogP contribution in [0.2, 0.25) is 0 Å². The summed E-state index contributed by atoms with van der Waals surface area (Å²) in [4.78, 5) is 68.7. The second-order valence-corrected chi connectivity index (χ2v) is 28.1. The Morgan fingerprint density at radius 1 is 0.600 bits per heavy atom. The minimum atomic E-state index is -4.54. The molecule has 14 nitrogen and oxygen atoms in total. The Kier molecular flexibility index (Phi) is 25.9. The number of aromatic nitrogens is 2. The highest BCUT2D eigenvalue weighted by Crippen LogP contribution is 2.43. The van der Waals surface area contributed by atoms with Gasteiger partial charge in [-0.15, -0.1) is 22.7 Å². The van der Waals surface area contributed by atoms with Crippen molar-refractivity contribution in [2.75, 3.05) is 45.1 Å². The number of aliphatic hydroxyl groups excluding tert-OH is 1. The lowest BCUT2D eigenvalue weighted by Gasteiger charge is -2.39. The summed E-state index contributed by atoms with van der Waals surface area (Å²) >= 11 is 1.75. The Hall–Kier alpha value is -6.11. The van der Waals surface area contributed by atoms with Gasteiger partial charge in [-0.1, -0.05) is 37.5 Å². The summed E-state index contributed by atoms with van der Waals surface area (Å²) in [6.07, 6.45) is 5.06. The van der Waals surface area contributed by atoms with E-state index >= 15 is 0 Å². The molecule has 23 heteroatoms. The van der Waals surface area contributed by atoms with E-state index in [1.54, 1.807) is 22.1 Å². The predicted octanol–water partition coefficient (Wildman–Crippen LogP) is 14.6. The van der Waals surface area contributed by atoms with Gasteiger partial charge in [-0.05, 0) is 212 Å². The average Bonchev–Trinajstić information content (AvgIpc) is 1.60. The molecular formula is C67H87F7N6O8S2. The molecule has 90 heavy (non-hydrogen) atoms. The number of rotatable bonds is 14. The van der Waals surface area contributed by atoms with E-state index in [0.29, 0.717) is 74.8 Å². The van der Waals surface area contributed by atoms with Gasteiger partial charge in [0.15, 0.2) is 0 Å². The number of aliphatic hydroxyl groups is 1. The Morgan fingerprint density at radius 2 is 1.01 bits per heavy atom. The molecule has 4 heterocycles. The van der Waals surface area contributed by atoms with E-state index < -0.39 is 47.2 Å². The van der Waals surface area contributed by atoms with Crippen molar-refractivity contribution < 1.29 is 69.6 Å². The first-order chi connectivity index (χ1) is 42.2. The lowest BCUT2D eigenvalue weighted by atomic mass is 9.81. The summed E-state index contributed by atoms with van der Waals surface area (Å²) in [6, 6.07) is 9.68. The average molecular weight is 1300 g/mol. The number of halogens is 7. The second-order valence-electron chi connectivity index (χ2n) is 26.0. The van der Waals surface area contributed by atoms with Crippen LogP contribution in [0.3, 0.4) is 0 Å². The molecule has 0 aliphatic heterocycles. The van der Waals surface area contributed by atoms with Gasteiger partial charge in [0.05, 0.1) is 34.3 Å². The van der Waals surface area contributed by atoms with Gasteiger partial charge in [0.25, 0.3) is 0 Å². The fourth-order valence-corrected chi connectivity index (χ4v) is 13.2. The molecule has 4 aromatic rings. The summed E-state index contributed by atoms with van der Waals surface area (Å²) in [5.41, 5.74) is -1.89. The topological polar surface area (TPSA) is 166 Å². The Balaban J connectivity index is 0.000000249. The van der Waals surface area contributed by atoms with Gasteiger partial charge in [-0.3, -0.25) is 9.59 Å². The van der Waals surface area contributed by atoms with Gasteiger partial charge in [-0.2, -0.15) is 30.7 Å². The zero-order valence-electron chi connectivity index (χ0n) is 53.5. The predicted molar refractivity (Wildman–Crippen MR) is 336 cm³/mol. The summed E-state index contributed by atoms with van der Waals surface area (Å²) in [5.74, 6) is 8.43. The van der Waals surface area contributed by atoms with Crippen LogP contribution in [0, 0.1) is 64.1 Å². The van der Waals surface area contributed by atoms with Gasteiger partial charge in [0.2, 0.25) is 23.6 Å². The monoisotopic (exact) mass is 1300 g/mol. The van der Waals surface area contributed by atoms with Gasteiger partial charge < -0.3 is 39.3 Å². The highest BCUT2D eigenvalue weighted by atomic mass is 32.1. The Morgan fingerprint density at radius 3 is 1.42 bits per heavy atom. The van der Waals surface area contributed by atoms with Crippen LogP contribution in [-0.4, -0.2) is 126 Å². The molecule has 4 aliphatic carbocycles. The molecule has 8 rings (SSSR count). The zero-order chi connectivity index (χ0) is 66.5. The van der Waals surface area contributed by atoms with Crippen molar-refractivity contribution in [3.8, 4) is 29.6 Å². The van der Waals surface area contributed by atoms with Crippen LogP contribution in [0.25, 0.3) is 0 Å². The quantitative estimate of drug-likeness (QED) is 0.0532. The van der Waals surface area contributed by atoms with Crippen molar-refractivity contribution in [3.05, 3.63) is 85.4 Å². The van der Waals surface area contributed by atoms with Gasteiger partial charge >= 0.3 is 24.3 Å². The van der Waals surface area contributed by atoms with Crippen LogP contribution in [0.15, 0.2) is 48.8 Å². The number of alkyl halides is 6. The fourth-order valence-electron chi connectivity index (χ4n) is 11.4. The molecular weight excluding hydrogens is 1210 g/mol. The lowest BCUT2D eigenvalue weighted by molar-refractivity contribution is -0.190. The number of hydrogen-bond acceptors (Lipinski definition) is 13. The van der Waals surface area contributed by atoms with Crippen LogP contribution in [0.1, 0.15) is 185 Å². The van der Waals surface area contributed by atoms with E-state index in [1.807, 2.05) is 51.3 Å².